The van der Waals surface area contributed by atoms with Crippen molar-refractivity contribution in [3.63, 3.8) is 0 Å². The van der Waals surface area contributed by atoms with Crippen molar-refractivity contribution in [3.05, 3.63) is 40.6 Å². The Bertz CT molecular complexity index is 1030. The minimum atomic E-state index is -0.510. The summed E-state index contributed by atoms with van der Waals surface area (Å²) in [5.74, 6) is 0.129. The summed E-state index contributed by atoms with van der Waals surface area (Å²) in [6.07, 6.45) is 2.29. The number of nitrogen functional groups attached to an aromatic ring is 1. The molecule has 0 saturated carbocycles. The van der Waals surface area contributed by atoms with Crippen LogP contribution in [0.25, 0.3) is 21.7 Å². The number of anilines is 1. The second-order valence-electron chi connectivity index (χ2n) is 6.98. The van der Waals surface area contributed by atoms with Gasteiger partial charge in [0.15, 0.2) is 11.6 Å². The molecule has 0 aliphatic carbocycles. The summed E-state index contributed by atoms with van der Waals surface area (Å²) in [6, 6.07) is 4.37. The van der Waals surface area contributed by atoms with Gasteiger partial charge in [0.25, 0.3) is 5.56 Å². The van der Waals surface area contributed by atoms with E-state index in [1.165, 1.54) is 22.9 Å². The second kappa shape index (κ2) is 6.92. The first-order chi connectivity index (χ1) is 12.3. The zero-order valence-corrected chi connectivity index (χ0v) is 15.1. The minimum absolute atomic E-state index is 0.0769. The highest BCUT2D eigenvalue weighted by Gasteiger charge is 2.16. The Morgan fingerprint density at radius 2 is 2.04 bits per heavy atom. The Morgan fingerprint density at radius 3 is 2.73 bits per heavy atom. The molecule has 0 saturated heterocycles. The lowest BCUT2D eigenvalue weighted by Gasteiger charge is -2.17. The Labute approximate surface area is 150 Å². The highest BCUT2D eigenvalue weighted by Crippen LogP contribution is 2.30. The van der Waals surface area contributed by atoms with Gasteiger partial charge in [0.05, 0.1) is 10.9 Å². The van der Waals surface area contributed by atoms with Crippen LogP contribution in [0.15, 0.2) is 29.2 Å². The number of aromatic nitrogens is 2. The molecule has 3 rings (SSSR count). The van der Waals surface area contributed by atoms with Crippen LogP contribution in [0.2, 0.25) is 0 Å². The largest absolute Gasteiger partial charge is 0.489 e. The highest BCUT2D eigenvalue weighted by molar-refractivity contribution is 6.08. The first-order valence-corrected chi connectivity index (χ1v) is 8.54. The first-order valence-electron chi connectivity index (χ1n) is 8.54. The van der Waals surface area contributed by atoms with E-state index in [1.54, 1.807) is 13.1 Å². The van der Waals surface area contributed by atoms with Crippen LogP contribution in [-0.2, 0) is 7.05 Å². The molecule has 26 heavy (non-hydrogen) atoms. The number of halogens is 1. The van der Waals surface area contributed by atoms with Gasteiger partial charge in [-0.15, -0.1) is 0 Å². The second-order valence-corrected chi connectivity index (χ2v) is 6.98. The van der Waals surface area contributed by atoms with E-state index in [4.69, 9.17) is 16.2 Å². The molecule has 2 aromatic heterocycles. The zero-order chi connectivity index (χ0) is 19.0. The molecule has 3 aromatic rings. The quantitative estimate of drug-likeness (QED) is 0.683. The fourth-order valence-corrected chi connectivity index (χ4v) is 3.22. The molecule has 1 atom stereocenters. The average Bonchev–Trinajstić information content (AvgIpc) is 2.57. The normalized spacial score (nSPS) is 12.8. The van der Waals surface area contributed by atoms with Gasteiger partial charge in [0, 0.05) is 36.1 Å². The van der Waals surface area contributed by atoms with Gasteiger partial charge < -0.3 is 20.8 Å². The van der Waals surface area contributed by atoms with Crippen LogP contribution in [0.1, 0.15) is 20.3 Å². The van der Waals surface area contributed by atoms with Gasteiger partial charge in [-0.2, -0.15) is 0 Å². The van der Waals surface area contributed by atoms with Crippen LogP contribution >= 0.6 is 0 Å². The average molecular weight is 358 g/mol. The predicted octanol–water partition coefficient (Wildman–Crippen LogP) is 2.56. The molecular weight excluding hydrogens is 335 g/mol. The molecule has 0 amide bonds. The molecule has 0 aliphatic rings. The van der Waals surface area contributed by atoms with Crippen molar-refractivity contribution in [1.82, 2.24) is 9.55 Å². The molecule has 138 valence electrons. The van der Waals surface area contributed by atoms with E-state index >= 15 is 0 Å². The summed E-state index contributed by atoms with van der Waals surface area (Å²) >= 11 is 0. The maximum atomic E-state index is 14.6. The number of benzene rings is 1. The number of ether oxygens (including phenoxy) is 1. The third kappa shape index (κ3) is 3.22. The summed E-state index contributed by atoms with van der Waals surface area (Å²) in [6.45, 7) is 4.34. The molecule has 4 N–H and O–H groups in total. The Kier molecular flexibility index (Phi) is 4.82. The number of nitrogens with two attached hydrogens (primary N) is 2. The lowest BCUT2D eigenvalue weighted by Crippen LogP contribution is -2.29. The minimum Gasteiger partial charge on any atom is -0.489 e. The molecule has 1 aromatic carbocycles. The molecule has 0 fully saturated rings. The van der Waals surface area contributed by atoms with Crippen molar-refractivity contribution in [2.75, 3.05) is 12.3 Å². The van der Waals surface area contributed by atoms with E-state index in [-0.39, 0.29) is 35.2 Å². The fourth-order valence-electron chi connectivity index (χ4n) is 3.22. The lowest BCUT2D eigenvalue weighted by atomic mass is 10.1. The third-order valence-corrected chi connectivity index (χ3v) is 4.43. The monoisotopic (exact) mass is 358 g/mol. The molecule has 0 radical (unpaired) electrons. The number of aryl methyl sites for hydroxylation is 1. The Morgan fingerprint density at radius 1 is 1.31 bits per heavy atom. The van der Waals surface area contributed by atoms with Crippen LogP contribution in [0.4, 0.5) is 10.2 Å². The van der Waals surface area contributed by atoms with Gasteiger partial charge in [0.2, 0.25) is 0 Å². The fraction of sp³-hybridized carbons (Fsp3) is 0.368. The molecule has 0 unspecified atom stereocenters. The summed E-state index contributed by atoms with van der Waals surface area (Å²) in [5.41, 5.74) is 12.1. The Balaban J connectivity index is 2.10. The summed E-state index contributed by atoms with van der Waals surface area (Å²) in [7, 11) is 1.61. The first kappa shape index (κ1) is 18.1. The number of rotatable bonds is 5. The van der Waals surface area contributed by atoms with Crippen molar-refractivity contribution >= 4 is 27.5 Å². The van der Waals surface area contributed by atoms with Crippen LogP contribution in [0.3, 0.4) is 0 Å². The smallest absolute Gasteiger partial charge is 0.262 e. The van der Waals surface area contributed by atoms with Crippen molar-refractivity contribution in [1.29, 1.82) is 0 Å². The van der Waals surface area contributed by atoms with Crippen molar-refractivity contribution in [2.24, 2.45) is 18.7 Å². The number of hydrogen-bond donors (Lipinski definition) is 2. The van der Waals surface area contributed by atoms with E-state index in [9.17, 15) is 9.18 Å². The summed E-state index contributed by atoms with van der Waals surface area (Å²) in [5, 5.41) is 1.43. The number of fused-ring (bicyclic) bond motifs is 3. The lowest BCUT2D eigenvalue weighted by molar-refractivity contribution is 0.260. The number of nitrogens with zero attached hydrogens (tertiary/aromatic N) is 2. The van der Waals surface area contributed by atoms with Crippen molar-refractivity contribution < 1.29 is 9.13 Å². The third-order valence-electron chi connectivity index (χ3n) is 4.43. The van der Waals surface area contributed by atoms with Crippen molar-refractivity contribution in [3.8, 4) is 5.75 Å². The van der Waals surface area contributed by atoms with Crippen molar-refractivity contribution in [2.45, 2.75) is 26.3 Å². The van der Waals surface area contributed by atoms with E-state index in [0.29, 0.717) is 22.2 Å². The van der Waals surface area contributed by atoms with Gasteiger partial charge in [0.1, 0.15) is 12.4 Å². The van der Waals surface area contributed by atoms with Crippen LogP contribution in [0, 0.1) is 11.7 Å². The Hall–Kier alpha value is -2.67. The topological polar surface area (TPSA) is 96.2 Å². The standard InChI is InChI=1S/C19H23FN4O2/c1-10(2)6-11(21)9-26-16-8-15-13(7-14(16)20)12-4-5-23-18(22)17(12)19(25)24(15)3/h4-5,7-8,10-11H,6,9,21H2,1-3H3,(H2,22,23)/t11-/m0/s1. The van der Waals surface area contributed by atoms with Crippen LogP contribution in [0.5, 0.6) is 5.75 Å². The van der Waals surface area contributed by atoms with Gasteiger partial charge in [-0.05, 0) is 24.5 Å². The van der Waals surface area contributed by atoms with Crippen LogP contribution < -0.4 is 21.8 Å². The molecule has 7 heteroatoms. The number of hydrogen-bond acceptors (Lipinski definition) is 5. The number of pyridine rings is 2. The maximum Gasteiger partial charge on any atom is 0.262 e. The van der Waals surface area contributed by atoms with Gasteiger partial charge in [-0.1, -0.05) is 13.8 Å². The van der Waals surface area contributed by atoms with E-state index < -0.39 is 5.82 Å². The van der Waals surface area contributed by atoms with Gasteiger partial charge in [-0.3, -0.25) is 4.79 Å². The summed E-state index contributed by atoms with van der Waals surface area (Å²) < 4.78 is 21.6. The highest BCUT2D eigenvalue weighted by atomic mass is 19.1. The molecule has 0 spiro atoms. The van der Waals surface area contributed by atoms with E-state index in [2.05, 4.69) is 18.8 Å². The molecule has 2 heterocycles. The predicted molar refractivity (Wildman–Crippen MR) is 102 cm³/mol. The van der Waals surface area contributed by atoms with Gasteiger partial charge >= 0.3 is 0 Å². The van der Waals surface area contributed by atoms with E-state index in [1.807, 2.05) is 0 Å². The maximum absolute atomic E-state index is 14.6. The van der Waals surface area contributed by atoms with Gasteiger partial charge in [-0.25, -0.2) is 9.37 Å². The zero-order valence-electron chi connectivity index (χ0n) is 15.1. The van der Waals surface area contributed by atoms with E-state index in [0.717, 1.165) is 6.42 Å². The van der Waals surface area contributed by atoms with Crippen LogP contribution in [-0.4, -0.2) is 22.2 Å². The molecular formula is C19H23FN4O2. The summed E-state index contributed by atoms with van der Waals surface area (Å²) in [4.78, 5) is 16.6. The molecule has 6 nitrogen and oxygen atoms in total. The molecule has 0 aliphatic heterocycles. The molecule has 0 bridgehead atoms. The SMILES string of the molecule is CC(C)C[C@H](N)COc1cc2c(cc1F)c1ccnc(N)c1c(=O)n2C.